The SMILES string of the molecule is CSc1ccc(-c2cc(C(CC3CC3)C(=O)O)ccc2OCC(F)(F)F)cc1.O=C(O)C(CC1CC1)c1ccc(OCC(F)(F)F)c(-c2ccc(Cl)c(Cl)c2)c1. The first-order chi connectivity index (χ1) is 26.4. The molecule has 2 aliphatic rings. The summed E-state index contributed by atoms with van der Waals surface area (Å²) in [5.41, 5.74) is 3.08. The van der Waals surface area contributed by atoms with Crippen molar-refractivity contribution in [1.29, 1.82) is 0 Å². The number of rotatable bonds is 15. The van der Waals surface area contributed by atoms with Gasteiger partial charge < -0.3 is 19.7 Å². The van der Waals surface area contributed by atoms with E-state index in [1.54, 1.807) is 36.0 Å². The maximum atomic E-state index is 12.6. The fourth-order valence-electron chi connectivity index (χ4n) is 6.12. The van der Waals surface area contributed by atoms with Crippen LogP contribution in [-0.2, 0) is 9.59 Å². The Kier molecular flexibility index (Phi) is 14.2. The van der Waals surface area contributed by atoms with Gasteiger partial charge in [0.2, 0.25) is 0 Å². The minimum atomic E-state index is -4.50. The molecule has 0 bridgehead atoms. The summed E-state index contributed by atoms with van der Waals surface area (Å²) in [5.74, 6) is -2.42. The molecule has 0 amide bonds. The van der Waals surface area contributed by atoms with Crippen LogP contribution in [0.5, 0.6) is 11.5 Å². The molecule has 6 rings (SSSR count). The van der Waals surface area contributed by atoms with E-state index in [1.165, 1.54) is 30.3 Å². The van der Waals surface area contributed by atoms with Gasteiger partial charge in [-0.05, 0) is 102 Å². The third-order valence-corrected chi connectivity index (χ3v) is 10.8. The Hall–Kier alpha value is -4.07. The molecule has 2 saturated carbocycles. The van der Waals surface area contributed by atoms with Gasteiger partial charge in [-0.15, -0.1) is 11.8 Å². The number of aliphatic carboxylic acids is 2. The van der Waals surface area contributed by atoms with Crippen molar-refractivity contribution in [2.24, 2.45) is 11.8 Å². The molecule has 0 radical (unpaired) electrons. The number of carbonyl (C=O) groups is 2. The number of halogens is 8. The summed E-state index contributed by atoms with van der Waals surface area (Å²) >= 11 is 13.5. The molecule has 0 saturated heterocycles. The van der Waals surface area contributed by atoms with Crippen LogP contribution in [0.15, 0.2) is 83.8 Å². The fraction of sp³-hybridized carbons (Fsp3) is 0.366. The zero-order chi connectivity index (χ0) is 40.8. The Morgan fingerprint density at radius 1 is 0.661 bits per heavy atom. The maximum Gasteiger partial charge on any atom is 0.422 e. The summed E-state index contributed by atoms with van der Waals surface area (Å²) in [6.07, 6.45) is -1.92. The van der Waals surface area contributed by atoms with Gasteiger partial charge >= 0.3 is 24.3 Å². The van der Waals surface area contributed by atoms with E-state index in [2.05, 4.69) is 0 Å². The molecular weight excluding hydrogens is 805 g/mol. The van der Waals surface area contributed by atoms with E-state index < -0.39 is 49.3 Å². The lowest BCUT2D eigenvalue weighted by molar-refractivity contribution is -0.154. The normalized spacial score (nSPS) is 15.3. The highest BCUT2D eigenvalue weighted by molar-refractivity contribution is 7.98. The van der Waals surface area contributed by atoms with Crippen molar-refractivity contribution in [3.63, 3.8) is 0 Å². The second kappa shape index (κ2) is 18.5. The van der Waals surface area contributed by atoms with E-state index in [-0.39, 0.29) is 16.5 Å². The number of hydrogen-bond acceptors (Lipinski definition) is 5. The lowest BCUT2D eigenvalue weighted by atomic mass is 9.90. The first kappa shape index (κ1) is 43.1. The molecule has 4 aromatic carbocycles. The molecule has 0 spiro atoms. The zero-order valence-corrected chi connectivity index (χ0v) is 32.3. The number of carboxylic acid groups (broad SMARTS) is 2. The number of alkyl halides is 6. The second-order valence-electron chi connectivity index (χ2n) is 13.8. The summed E-state index contributed by atoms with van der Waals surface area (Å²) in [6, 6.07) is 21.1. The first-order valence-electron chi connectivity index (χ1n) is 17.6. The van der Waals surface area contributed by atoms with Gasteiger partial charge in [-0.25, -0.2) is 0 Å². The quantitative estimate of drug-likeness (QED) is 0.0909. The highest BCUT2D eigenvalue weighted by Crippen LogP contribution is 2.43. The van der Waals surface area contributed by atoms with Crippen LogP contribution in [-0.4, -0.2) is 54.0 Å². The third-order valence-electron chi connectivity index (χ3n) is 9.35. The smallest absolute Gasteiger partial charge is 0.422 e. The molecule has 2 aliphatic carbocycles. The molecule has 2 N–H and O–H groups in total. The van der Waals surface area contributed by atoms with Crippen molar-refractivity contribution in [2.75, 3.05) is 19.5 Å². The van der Waals surface area contributed by atoms with Crippen LogP contribution in [0.1, 0.15) is 61.5 Å². The summed E-state index contributed by atoms with van der Waals surface area (Å²) in [5, 5.41) is 19.8. The zero-order valence-electron chi connectivity index (χ0n) is 29.9. The van der Waals surface area contributed by atoms with Gasteiger partial charge in [0.1, 0.15) is 11.5 Å². The highest BCUT2D eigenvalue weighted by atomic mass is 35.5. The fourth-order valence-corrected chi connectivity index (χ4v) is 6.82. The molecular formula is C41H38Cl2F6O6S. The van der Waals surface area contributed by atoms with Crippen molar-refractivity contribution in [3.05, 3.63) is 100 Å². The van der Waals surface area contributed by atoms with E-state index in [1.807, 2.05) is 30.5 Å². The number of hydrogen-bond donors (Lipinski definition) is 2. The van der Waals surface area contributed by atoms with Gasteiger partial charge in [0.15, 0.2) is 13.2 Å². The molecule has 2 fully saturated rings. The molecule has 2 unspecified atom stereocenters. The molecule has 56 heavy (non-hydrogen) atoms. The van der Waals surface area contributed by atoms with Crippen LogP contribution in [0.3, 0.4) is 0 Å². The molecule has 6 nitrogen and oxygen atoms in total. The maximum absolute atomic E-state index is 12.6. The Morgan fingerprint density at radius 2 is 1.09 bits per heavy atom. The van der Waals surface area contributed by atoms with Crippen molar-refractivity contribution < 1.29 is 55.6 Å². The van der Waals surface area contributed by atoms with Gasteiger partial charge in [0, 0.05) is 16.0 Å². The summed E-state index contributed by atoms with van der Waals surface area (Å²) in [4.78, 5) is 24.5. The highest BCUT2D eigenvalue weighted by Gasteiger charge is 2.34. The van der Waals surface area contributed by atoms with Crippen molar-refractivity contribution >= 4 is 46.9 Å². The van der Waals surface area contributed by atoms with Gasteiger partial charge in [-0.1, -0.05) is 79.2 Å². The molecule has 15 heteroatoms. The van der Waals surface area contributed by atoms with E-state index >= 15 is 0 Å². The predicted octanol–water partition coefficient (Wildman–Crippen LogP) is 12.6. The molecule has 0 aromatic heterocycles. The molecule has 0 heterocycles. The first-order valence-corrected chi connectivity index (χ1v) is 19.6. The van der Waals surface area contributed by atoms with Gasteiger partial charge in [-0.3, -0.25) is 9.59 Å². The summed E-state index contributed by atoms with van der Waals surface area (Å²) in [7, 11) is 0. The Balaban J connectivity index is 0.000000214. The Labute approximate surface area is 334 Å². The topological polar surface area (TPSA) is 93.1 Å². The van der Waals surface area contributed by atoms with Crippen molar-refractivity contribution in [3.8, 4) is 33.8 Å². The predicted molar refractivity (Wildman–Crippen MR) is 204 cm³/mol. The number of carboxylic acids is 2. The van der Waals surface area contributed by atoms with E-state index in [4.69, 9.17) is 32.7 Å². The van der Waals surface area contributed by atoms with E-state index in [9.17, 15) is 46.1 Å². The monoisotopic (exact) mass is 842 g/mol. The number of benzene rings is 4. The lowest BCUT2D eigenvalue weighted by Gasteiger charge is -2.18. The van der Waals surface area contributed by atoms with Crippen LogP contribution in [0.4, 0.5) is 26.3 Å². The average molecular weight is 844 g/mol. The minimum Gasteiger partial charge on any atom is -0.483 e. The minimum absolute atomic E-state index is 0.00461. The number of thioether (sulfide) groups is 1. The number of ether oxygens (including phenoxy) is 2. The second-order valence-corrected chi connectivity index (χ2v) is 15.5. The van der Waals surface area contributed by atoms with Gasteiger partial charge in [0.25, 0.3) is 0 Å². The molecule has 2 atom stereocenters. The Morgan fingerprint density at radius 3 is 1.46 bits per heavy atom. The summed E-state index contributed by atoms with van der Waals surface area (Å²) < 4.78 is 85.7. The lowest BCUT2D eigenvalue weighted by Crippen LogP contribution is -2.19. The van der Waals surface area contributed by atoms with Gasteiger partial charge in [-0.2, -0.15) is 26.3 Å². The van der Waals surface area contributed by atoms with Crippen LogP contribution in [0.2, 0.25) is 10.0 Å². The largest absolute Gasteiger partial charge is 0.483 e. The van der Waals surface area contributed by atoms with E-state index in [0.29, 0.717) is 63.1 Å². The van der Waals surface area contributed by atoms with Crippen LogP contribution in [0, 0.1) is 11.8 Å². The standard InChI is InChI=1S/C21H21F3O3S.C20H17Cl2F3O3/c1-28-16-7-4-14(5-8-16)17-11-15(18(20(25)26)10-13-2-3-13)6-9-19(17)27-12-21(22,23)24;21-16-5-3-13(9-17(16)22)14-8-12(15(19(26)27)7-11-1-2-11)4-6-18(14)28-10-20(23,24)25/h4-9,11,13,18H,2-3,10,12H2,1H3,(H,25,26);3-6,8-9,11,15H,1-2,7,10H2,(H,26,27). The van der Waals surface area contributed by atoms with Crippen LogP contribution < -0.4 is 9.47 Å². The third kappa shape index (κ3) is 12.7. The van der Waals surface area contributed by atoms with Crippen molar-refractivity contribution in [2.45, 2.75) is 67.6 Å². The molecule has 4 aromatic rings. The molecule has 300 valence electrons. The molecule has 0 aliphatic heterocycles. The Bertz CT molecular complexity index is 2000. The van der Waals surface area contributed by atoms with Crippen LogP contribution >= 0.6 is 35.0 Å². The van der Waals surface area contributed by atoms with Crippen LogP contribution in [0.25, 0.3) is 22.3 Å². The van der Waals surface area contributed by atoms with Gasteiger partial charge in [0.05, 0.1) is 21.9 Å². The summed E-state index contributed by atoms with van der Waals surface area (Å²) in [6.45, 7) is -2.85. The average Bonchev–Trinajstić information content (AvgIpc) is 4.09. The van der Waals surface area contributed by atoms with E-state index in [0.717, 1.165) is 30.6 Å². The van der Waals surface area contributed by atoms with Crippen molar-refractivity contribution in [1.82, 2.24) is 0 Å².